The number of nitrogens with one attached hydrogen (secondary N) is 1. The Morgan fingerprint density at radius 1 is 1.44 bits per heavy atom. The Hall–Kier alpha value is -0.840. The van der Waals surface area contributed by atoms with Crippen molar-refractivity contribution in [2.24, 2.45) is 0 Å². The lowest BCUT2D eigenvalue weighted by Gasteiger charge is -2.42. The molecular weight excluding hydrogens is 226 g/mol. The van der Waals surface area contributed by atoms with Crippen molar-refractivity contribution < 1.29 is 4.42 Å². The Morgan fingerprint density at radius 3 is 2.94 bits per heavy atom. The number of hydrogen-bond donors (Lipinski definition) is 1. The van der Waals surface area contributed by atoms with Crippen molar-refractivity contribution in [3.63, 3.8) is 0 Å². The molecule has 102 valence electrons. The number of nitrogens with zero attached hydrogens (tertiary/aromatic N) is 2. The largest absolute Gasteiger partial charge is 0.472 e. The maximum absolute atomic E-state index is 5.18. The molecule has 0 amide bonds. The van der Waals surface area contributed by atoms with Crippen LogP contribution < -0.4 is 5.32 Å². The lowest BCUT2D eigenvalue weighted by Crippen LogP contribution is -2.59. The van der Waals surface area contributed by atoms with Crippen LogP contribution in [0.1, 0.15) is 12.5 Å². The van der Waals surface area contributed by atoms with E-state index in [4.69, 9.17) is 4.42 Å². The highest BCUT2D eigenvalue weighted by molar-refractivity contribution is 5.09. The molecule has 0 aliphatic carbocycles. The van der Waals surface area contributed by atoms with Crippen LogP contribution in [0.5, 0.6) is 0 Å². The fraction of sp³-hybridized carbons (Fsp3) is 0.714. The molecule has 0 aromatic carbocycles. The van der Waals surface area contributed by atoms with Gasteiger partial charge >= 0.3 is 0 Å². The van der Waals surface area contributed by atoms with Crippen molar-refractivity contribution in [1.29, 1.82) is 0 Å². The summed E-state index contributed by atoms with van der Waals surface area (Å²) in [4.78, 5) is 4.90. The molecule has 2 unspecified atom stereocenters. The van der Waals surface area contributed by atoms with Crippen LogP contribution >= 0.6 is 0 Å². The molecule has 18 heavy (non-hydrogen) atoms. The smallest absolute Gasteiger partial charge is 0.0935 e. The van der Waals surface area contributed by atoms with Gasteiger partial charge in [-0.25, -0.2) is 0 Å². The normalized spacial score (nSPS) is 24.3. The Balaban J connectivity index is 2.03. The van der Waals surface area contributed by atoms with Crippen LogP contribution in [0.3, 0.4) is 0 Å². The summed E-state index contributed by atoms with van der Waals surface area (Å²) in [6.07, 6.45) is 4.65. The Kier molecular flexibility index (Phi) is 4.80. The van der Waals surface area contributed by atoms with E-state index in [1.54, 1.807) is 6.26 Å². The lowest BCUT2D eigenvalue weighted by atomic mass is 9.98. The molecule has 1 aliphatic rings. The van der Waals surface area contributed by atoms with Gasteiger partial charge in [-0.05, 0) is 38.7 Å². The third-order valence-electron chi connectivity index (χ3n) is 3.87. The van der Waals surface area contributed by atoms with Gasteiger partial charge in [0.15, 0.2) is 0 Å². The zero-order valence-electron chi connectivity index (χ0n) is 11.7. The van der Waals surface area contributed by atoms with Crippen molar-refractivity contribution in [3.8, 4) is 0 Å². The maximum atomic E-state index is 5.18. The Labute approximate surface area is 110 Å². The molecule has 4 nitrogen and oxygen atoms in total. The van der Waals surface area contributed by atoms with E-state index in [0.717, 1.165) is 32.6 Å². The molecule has 0 spiro atoms. The quantitative estimate of drug-likeness (QED) is 0.847. The van der Waals surface area contributed by atoms with Crippen molar-refractivity contribution in [2.75, 3.05) is 40.3 Å². The minimum absolute atomic E-state index is 0.486. The van der Waals surface area contributed by atoms with E-state index < -0.39 is 0 Å². The predicted molar refractivity (Wildman–Crippen MR) is 73.8 cm³/mol. The lowest BCUT2D eigenvalue weighted by molar-refractivity contribution is 0.0880. The average molecular weight is 251 g/mol. The van der Waals surface area contributed by atoms with Gasteiger partial charge in [-0.15, -0.1) is 0 Å². The molecule has 0 radical (unpaired) electrons. The van der Waals surface area contributed by atoms with Crippen LogP contribution in [0.25, 0.3) is 0 Å². The molecule has 2 atom stereocenters. The zero-order valence-corrected chi connectivity index (χ0v) is 11.7. The standard InChI is InChI=1S/C14H25N3O/c1-4-15-13(9-12-5-8-18-11-12)14-10-16(2)6-7-17(14)3/h5,8,11,13-15H,4,6-7,9-10H2,1-3H3. The molecule has 0 bridgehead atoms. The minimum Gasteiger partial charge on any atom is -0.472 e. The van der Waals surface area contributed by atoms with Gasteiger partial charge in [0.05, 0.1) is 12.5 Å². The van der Waals surface area contributed by atoms with Gasteiger partial charge in [0, 0.05) is 31.7 Å². The molecule has 1 N–H and O–H groups in total. The van der Waals surface area contributed by atoms with Gasteiger partial charge in [0.2, 0.25) is 0 Å². The Bertz CT molecular complexity index is 339. The molecule has 1 aromatic rings. The molecule has 1 fully saturated rings. The molecule has 1 saturated heterocycles. The van der Waals surface area contributed by atoms with Crippen molar-refractivity contribution >= 4 is 0 Å². The maximum Gasteiger partial charge on any atom is 0.0935 e. The van der Waals surface area contributed by atoms with E-state index in [9.17, 15) is 0 Å². The molecule has 2 rings (SSSR count). The van der Waals surface area contributed by atoms with E-state index in [1.165, 1.54) is 5.56 Å². The topological polar surface area (TPSA) is 31.7 Å². The van der Waals surface area contributed by atoms with Crippen molar-refractivity contribution in [1.82, 2.24) is 15.1 Å². The first-order chi connectivity index (χ1) is 8.70. The fourth-order valence-electron chi connectivity index (χ4n) is 2.75. The summed E-state index contributed by atoms with van der Waals surface area (Å²) in [5.74, 6) is 0. The van der Waals surface area contributed by atoms with E-state index in [1.807, 2.05) is 6.26 Å². The summed E-state index contributed by atoms with van der Waals surface area (Å²) in [7, 11) is 4.44. The highest BCUT2D eigenvalue weighted by Crippen LogP contribution is 2.14. The molecule has 0 saturated carbocycles. The minimum atomic E-state index is 0.486. The molecule has 2 heterocycles. The SMILES string of the molecule is CCNC(Cc1ccoc1)C1CN(C)CCN1C. The highest BCUT2D eigenvalue weighted by atomic mass is 16.3. The van der Waals surface area contributed by atoms with Gasteiger partial charge in [-0.3, -0.25) is 4.90 Å². The van der Waals surface area contributed by atoms with Crippen LogP contribution in [0, 0.1) is 0 Å². The van der Waals surface area contributed by atoms with Crippen LogP contribution in [0.4, 0.5) is 0 Å². The summed E-state index contributed by atoms with van der Waals surface area (Å²) in [5, 5.41) is 3.63. The second-order valence-corrected chi connectivity index (χ2v) is 5.31. The number of rotatable bonds is 5. The second kappa shape index (κ2) is 6.36. The van der Waals surface area contributed by atoms with Gasteiger partial charge < -0.3 is 14.6 Å². The fourth-order valence-corrected chi connectivity index (χ4v) is 2.75. The van der Waals surface area contributed by atoms with Gasteiger partial charge in [-0.1, -0.05) is 6.92 Å². The number of piperazine rings is 1. The predicted octanol–water partition coefficient (Wildman–Crippen LogP) is 1.05. The first-order valence-corrected chi connectivity index (χ1v) is 6.84. The van der Waals surface area contributed by atoms with E-state index in [0.29, 0.717) is 12.1 Å². The number of likely N-dealkylation sites (N-methyl/N-ethyl adjacent to an activating group) is 3. The van der Waals surface area contributed by atoms with E-state index >= 15 is 0 Å². The summed E-state index contributed by atoms with van der Waals surface area (Å²) in [5.41, 5.74) is 1.28. The second-order valence-electron chi connectivity index (χ2n) is 5.31. The Morgan fingerprint density at radius 2 is 2.28 bits per heavy atom. The van der Waals surface area contributed by atoms with Crippen LogP contribution in [-0.2, 0) is 6.42 Å². The van der Waals surface area contributed by atoms with Gasteiger partial charge in [-0.2, -0.15) is 0 Å². The van der Waals surface area contributed by atoms with Crippen LogP contribution in [0.15, 0.2) is 23.0 Å². The van der Waals surface area contributed by atoms with E-state index in [-0.39, 0.29) is 0 Å². The number of hydrogen-bond acceptors (Lipinski definition) is 4. The zero-order chi connectivity index (χ0) is 13.0. The molecule has 1 aromatic heterocycles. The monoisotopic (exact) mass is 251 g/mol. The average Bonchev–Trinajstić information content (AvgIpc) is 2.85. The summed E-state index contributed by atoms with van der Waals surface area (Å²) >= 11 is 0. The van der Waals surface area contributed by atoms with Crippen LogP contribution in [-0.4, -0.2) is 62.2 Å². The first-order valence-electron chi connectivity index (χ1n) is 6.84. The van der Waals surface area contributed by atoms with Crippen LogP contribution in [0.2, 0.25) is 0 Å². The van der Waals surface area contributed by atoms with E-state index in [2.05, 4.69) is 42.2 Å². The molecular formula is C14H25N3O. The van der Waals surface area contributed by atoms with Crippen molar-refractivity contribution in [2.45, 2.75) is 25.4 Å². The third kappa shape index (κ3) is 3.34. The number of furan rings is 1. The first kappa shape index (κ1) is 13.6. The van der Waals surface area contributed by atoms with Gasteiger partial charge in [0.1, 0.15) is 0 Å². The summed E-state index contributed by atoms with van der Waals surface area (Å²) < 4.78 is 5.18. The molecule has 4 heteroatoms. The third-order valence-corrected chi connectivity index (χ3v) is 3.87. The summed E-state index contributed by atoms with van der Waals surface area (Å²) in [6.45, 7) is 6.63. The summed E-state index contributed by atoms with van der Waals surface area (Å²) in [6, 6.07) is 3.12. The van der Waals surface area contributed by atoms with Gasteiger partial charge in [0.25, 0.3) is 0 Å². The highest BCUT2D eigenvalue weighted by Gasteiger charge is 2.29. The van der Waals surface area contributed by atoms with Crippen molar-refractivity contribution in [3.05, 3.63) is 24.2 Å². The molecule has 1 aliphatic heterocycles.